The Bertz CT molecular complexity index is 902. The fraction of sp³-hybridized carbons (Fsp3) is 0.680. The number of rotatable bonds is 2. The van der Waals surface area contributed by atoms with Gasteiger partial charge in [0.1, 0.15) is 5.82 Å². The van der Waals surface area contributed by atoms with Crippen molar-refractivity contribution in [1.29, 1.82) is 0 Å². The summed E-state index contributed by atoms with van der Waals surface area (Å²) in [6, 6.07) is 3.05. The van der Waals surface area contributed by atoms with Crippen LogP contribution in [0.25, 0.3) is 0 Å². The van der Waals surface area contributed by atoms with E-state index in [1.807, 2.05) is 4.90 Å². The van der Waals surface area contributed by atoms with Gasteiger partial charge in [-0.1, -0.05) is 12.8 Å². The minimum atomic E-state index is -0.504. The normalized spacial score (nSPS) is 26.6. The molecule has 1 aromatic heterocycles. The molecule has 34 heavy (non-hydrogen) atoms. The molecule has 1 aromatic rings. The summed E-state index contributed by atoms with van der Waals surface area (Å²) in [5.74, 6) is -0.197. The molecule has 3 amide bonds. The van der Waals surface area contributed by atoms with Gasteiger partial charge in [0.2, 0.25) is 17.7 Å². The fourth-order valence-electron chi connectivity index (χ4n) is 5.75. The molecule has 0 bridgehead atoms. The highest BCUT2D eigenvalue weighted by molar-refractivity contribution is 5.88. The fourth-order valence-corrected chi connectivity index (χ4v) is 5.75. The summed E-state index contributed by atoms with van der Waals surface area (Å²) in [4.78, 5) is 45.9. The molecule has 2 atom stereocenters. The Hall–Kier alpha value is -2.55. The van der Waals surface area contributed by atoms with Crippen molar-refractivity contribution < 1.29 is 18.8 Å². The summed E-state index contributed by atoms with van der Waals surface area (Å²) in [5, 5.41) is 6.01. The monoisotopic (exact) mass is 473 g/mol. The third kappa shape index (κ3) is 5.74. The van der Waals surface area contributed by atoms with Crippen molar-refractivity contribution >= 4 is 17.7 Å². The molecule has 9 heteroatoms. The average Bonchev–Trinajstić information content (AvgIpc) is 2.83. The molecule has 3 aliphatic heterocycles. The standard InChI is InChI=1S/C25H36FN5O3/c1-18(32)31-12-7-21-19(16-31)5-2-3-8-25(24(34)28-15-23(33)29-21)9-13-30(14-10-25)17-22-20(26)6-4-11-27-22/h4,6,11,19,21H,2-3,5,7-10,12-17H2,1H3,(H,28,34)(H,29,33)/t19-,21+/m0/s1. The maximum absolute atomic E-state index is 14.0. The first-order valence-corrected chi connectivity index (χ1v) is 12.5. The Morgan fingerprint density at radius 1 is 1.18 bits per heavy atom. The molecular weight excluding hydrogens is 437 g/mol. The number of amides is 3. The number of halogens is 1. The average molecular weight is 474 g/mol. The van der Waals surface area contributed by atoms with E-state index in [2.05, 4.69) is 20.5 Å². The maximum atomic E-state index is 14.0. The Labute approximate surface area is 200 Å². The van der Waals surface area contributed by atoms with Crippen LogP contribution < -0.4 is 10.6 Å². The molecule has 4 heterocycles. The van der Waals surface area contributed by atoms with Crippen LogP contribution in [0.3, 0.4) is 0 Å². The smallest absolute Gasteiger partial charge is 0.239 e. The van der Waals surface area contributed by atoms with E-state index in [9.17, 15) is 18.8 Å². The molecule has 0 aromatic carbocycles. The second kappa shape index (κ2) is 10.8. The van der Waals surface area contributed by atoms with Crippen LogP contribution in [0.4, 0.5) is 4.39 Å². The van der Waals surface area contributed by atoms with Gasteiger partial charge in [-0.05, 0) is 63.2 Å². The lowest BCUT2D eigenvalue weighted by molar-refractivity contribution is -0.137. The molecule has 3 fully saturated rings. The molecule has 186 valence electrons. The van der Waals surface area contributed by atoms with Crippen LogP contribution in [0, 0.1) is 17.2 Å². The van der Waals surface area contributed by atoms with Gasteiger partial charge >= 0.3 is 0 Å². The van der Waals surface area contributed by atoms with Crippen molar-refractivity contribution in [2.45, 2.75) is 64.5 Å². The van der Waals surface area contributed by atoms with Crippen LogP contribution in [0.1, 0.15) is 57.6 Å². The van der Waals surface area contributed by atoms with E-state index in [0.717, 1.165) is 32.1 Å². The summed E-state index contributed by atoms with van der Waals surface area (Å²) in [7, 11) is 0. The minimum absolute atomic E-state index is 0.0247. The lowest BCUT2D eigenvalue weighted by Crippen LogP contribution is -2.55. The van der Waals surface area contributed by atoms with Crippen LogP contribution in [-0.2, 0) is 20.9 Å². The van der Waals surface area contributed by atoms with Gasteiger partial charge < -0.3 is 15.5 Å². The SMILES string of the molecule is CC(=O)N1CC[C@H]2NC(=O)CNC(=O)C3(CCCC[C@H]2C1)CCN(Cc1ncccc1F)CC3. The van der Waals surface area contributed by atoms with Gasteiger partial charge in [-0.25, -0.2) is 4.39 Å². The minimum Gasteiger partial charge on any atom is -0.351 e. The second-order valence-electron chi connectivity index (χ2n) is 10.1. The molecule has 0 radical (unpaired) electrons. The van der Waals surface area contributed by atoms with E-state index < -0.39 is 5.41 Å². The molecule has 8 nitrogen and oxygen atoms in total. The third-order valence-corrected chi connectivity index (χ3v) is 7.92. The molecule has 2 N–H and O–H groups in total. The van der Waals surface area contributed by atoms with E-state index in [4.69, 9.17) is 0 Å². The van der Waals surface area contributed by atoms with Gasteiger partial charge in [0, 0.05) is 38.8 Å². The van der Waals surface area contributed by atoms with Crippen LogP contribution in [0.5, 0.6) is 0 Å². The van der Waals surface area contributed by atoms with Crippen LogP contribution in [0.15, 0.2) is 18.3 Å². The van der Waals surface area contributed by atoms with Gasteiger partial charge in [-0.15, -0.1) is 0 Å². The molecular formula is C25H36FN5O3. The highest BCUT2D eigenvalue weighted by Crippen LogP contribution is 2.38. The number of hydrogen-bond acceptors (Lipinski definition) is 5. The lowest BCUT2D eigenvalue weighted by Gasteiger charge is -2.42. The van der Waals surface area contributed by atoms with Gasteiger partial charge in [0.25, 0.3) is 0 Å². The summed E-state index contributed by atoms with van der Waals surface area (Å²) in [6.07, 6.45) is 7.30. The van der Waals surface area contributed by atoms with Crippen LogP contribution in [0.2, 0.25) is 0 Å². The number of piperidine rings is 2. The van der Waals surface area contributed by atoms with Gasteiger partial charge in [-0.2, -0.15) is 0 Å². The molecule has 0 unspecified atom stereocenters. The molecule has 3 saturated heterocycles. The zero-order valence-corrected chi connectivity index (χ0v) is 20.0. The Balaban J connectivity index is 1.39. The van der Waals surface area contributed by atoms with E-state index in [0.29, 0.717) is 51.3 Å². The Morgan fingerprint density at radius 2 is 1.97 bits per heavy atom. The maximum Gasteiger partial charge on any atom is 0.239 e. The van der Waals surface area contributed by atoms with Gasteiger partial charge in [0.15, 0.2) is 0 Å². The Kier molecular flexibility index (Phi) is 7.80. The molecule has 4 rings (SSSR count). The van der Waals surface area contributed by atoms with Crippen molar-refractivity contribution in [3.63, 3.8) is 0 Å². The summed E-state index contributed by atoms with van der Waals surface area (Å²) < 4.78 is 14.0. The topological polar surface area (TPSA) is 94.6 Å². The zero-order chi connectivity index (χ0) is 24.1. The van der Waals surface area contributed by atoms with Crippen molar-refractivity contribution in [2.75, 3.05) is 32.7 Å². The van der Waals surface area contributed by atoms with E-state index in [1.54, 1.807) is 19.2 Å². The van der Waals surface area contributed by atoms with Crippen molar-refractivity contribution in [3.8, 4) is 0 Å². The van der Waals surface area contributed by atoms with Crippen molar-refractivity contribution in [3.05, 3.63) is 29.8 Å². The van der Waals surface area contributed by atoms with E-state index in [-0.39, 0.29) is 42.0 Å². The lowest BCUT2D eigenvalue weighted by atomic mass is 9.73. The molecule has 0 saturated carbocycles. The number of pyridine rings is 1. The Morgan fingerprint density at radius 3 is 2.71 bits per heavy atom. The van der Waals surface area contributed by atoms with Gasteiger partial charge in [0.05, 0.1) is 17.7 Å². The zero-order valence-electron chi connectivity index (χ0n) is 20.0. The highest BCUT2D eigenvalue weighted by Gasteiger charge is 2.41. The second-order valence-corrected chi connectivity index (χ2v) is 10.1. The number of hydrogen-bond donors (Lipinski definition) is 2. The summed E-state index contributed by atoms with van der Waals surface area (Å²) in [6.45, 7) is 4.72. The number of carbonyl (C=O) groups is 3. The number of carbonyl (C=O) groups excluding carboxylic acids is 3. The number of fused-ring (bicyclic) bond motifs is 1. The molecule has 0 aliphatic carbocycles. The third-order valence-electron chi connectivity index (χ3n) is 7.92. The molecule has 3 aliphatic rings. The summed E-state index contributed by atoms with van der Waals surface area (Å²) in [5.41, 5.74) is -0.0735. The molecule has 1 spiro atoms. The first-order chi connectivity index (χ1) is 16.4. The van der Waals surface area contributed by atoms with E-state index >= 15 is 0 Å². The quantitative estimate of drug-likeness (QED) is 0.684. The number of nitrogens with zero attached hydrogens (tertiary/aromatic N) is 3. The first-order valence-electron chi connectivity index (χ1n) is 12.5. The van der Waals surface area contributed by atoms with Crippen LogP contribution in [-0.4, -0.2) is 71.3 Å². The van der Waals surface area contributed by atoms with Crippen LogP contribution >= 0.6 is 0 Å². The van der Waals surface area contributed by atoms with E-state index in [1.165, 1.54) is 6.07 Å². The largest absolute Gasteiger partial charge is 0.351 e. The van der Waals surface area contributed by atoms with Crippen molar-refractivity contribution in [1.82, 2.24) is 25.4 Å². The predicted octanol–water partition coefficient (Wildman–Crippen LogP) is 1.85. The van der Waals surface area contributed by atoms with Crippen molar-refractivity contribution in [2.24, 2.45) is 11.3 Å². The number of aromatic nitrogens is 1. The predicted molar refractivity (Wildman–Crippen MR) is 125 cm³/mol. The van der Waals surface area contributed by atoms with Gasteiger partial charge in [-0.3, -0.25) is 24.3 Å². The highest BCUT2D eigenvalue weighted by atomic mass is 19.1. The first kappa shape index (κ1) is 24.6. The number of nitrogens with one attached hydrogen (secondary N) is 2. The number of likely N-dealkylation sites (tertiary alicyclic amines) is 2. The summed E-state index contributed by atoms with van der Waals surface area (Å²) >= 11 is 0.